The minimum Gasteiger partial charge on any atom is -0.493 e. The third kappa shape index (κ3) is 3.72. The van der Waals surface area contributed by atoms with Gasteiger partial charge in [-0.15, -0.1) is 0 Å². The number of hydrogen-bond acceptors (Lipinski definition) is 6. The maximum Gasteiger partial charge on any atom is 0.258 e. The van der Waals surface area contributed by atoms with E-state index >= 15 is 0 Å². The van der Waals surface area contributed by atoms with Gasteiger partial charge in [0.05, 0.1) is 52.9 Å². The zero-order chi connectivity index (χ0) is 22.0. The Morgan fingerprint density at radius 1 is 1.23 bits per heavy atom. The van der Waals surface area contributed by atoms with E-state index in [1.807, 2.05) is 21.0 Å². The molecule has 0 amide bonds. The van der Waals surface area contributed by atoms with Crippen molar-refractivity contribution in [1.82, 2.24) is 4.57 Å². The normalized spacial score (nSPS) is 15.4. The third-order valence-electron chi connectivity index (χ3n) is 5.27. The molecule has 30 heavy (non-hydrogen) atoms. The molecule has 8 heteroatoms. The molecular weight excluding hydrogens is 384 g/mol. The first-order chi connectivity index (χ1) is 14.3. The van der Waals surface area contributed by atoms with Crippen molar-refractivity contribution < 1.29 is 19.1 Å². The molecule has 3 rings (SSSR count). The Morgan fingerprint density at radius 2 is 1.93 bits per heavy atom. The van der Waals surface area contributed by atoms with Crippen molar-refractivity contribution in [2.75, 3.05) is 34.9 Å². The van der Waals surface area contributed by atoms with Crippen molar-refractivity contribution in [3.05, 3.63) is 62.9 Å². The molecule has 1 aliphatic heterocycles. The number of rotatable bonds is 6. The number of quaternary nitrogens is 1. The van der Waals surface area contributed by atoms with E-state index in [2.05, 4.69) is 6.07 Å². The van der Waals surface area contributed by atoms with Crippen molar-refractivity contribution in [3.63, 3.8) is 0 Å². The molecule has 2 heterocycles. The van der Waals surface area contributed by atoms with Gasteiger partial charge < -0.3 is 29.4 Å². The Balaban J connectivity index is 2.25. The van der Waals surface area contributed by atoms with E-state index in [1.54, 1.807) is 35.9 Å². The number of methoxy groups -OCH3 is 2. The summed E-state index contributed by atoms with van der Waals surface area (Å²) in [4.78, 5) is 14.8. The van der Waals surface area contributed by atoms with Gasteiger partial charge in [0.15, 0.2) is 11.5 Å². The molecule has 0 saturated heterocycles. The van der Waals surface area contributed by atoms with Crippen LogP contribution in [-0.4, -0.2) is 39.4 Å². The quantitative estimate of drug-likeness (QED) is 0.719. The van der Waals surface area contributed by atoms with E-state index in [4.69, 9.17) is 19.9 Å². The van der Waals surface area contributed by atoms with Crippen LogP contribution in [0.5, 0.6) is 17.2 Å². The summed E-state index contributed by atoms with van der Waals surface area (Å²) in [5.74, 6) is 0.771. The lowest BCUT2D eigenvalue weighted by molar-refractivity contribution is -0.858. The number of benzene rings is 1. The summed E-state index contributed by atoms with van der Waals surface area (Å²) >= 11 is 0. The van der Waals surface area contributed by atoms with Gasteiger partial charge in [0.25, 0.3) is 5.56 Å². The molecule has 1 aromatic heterocycles. The van der Waals surface area contributed by atoms with Crippen LogP contribution in [0.2, 0.25) is 0 Å². The average Bonchev–Trinajstić information content (AvgIpc) is 2.71. The highest BCUT2D eigenvalue weighted by Gasteiger charge is 2.34. The van der Waals surface area contributed by atoms with Crippen molar-refractivity contribution in [2.45, 2.75) is 19.4 Å². The predicted molar refractivity (Wildman–Crippen MR) is 112 cm³/mol. The molecule has 158 valence electrons. The van der Waals surface area contributed by atoms with Crippen molar-refractivity contribution >= 4 is 0 Å². The fourth-order valence-electron chi connectivity index (χ4n) is 3.67. The molecule has 1 atom stereocenters. The number of ether oxygens (including phenoxy) is 3. The van der Waals surface area contributed by atoms with Gasteiger partial charge in [-0.05, 0) is 24.6 Å². The van der Waals surface area contributed by atoms with Crippen LogP contribution < -0.4 is 30.4 Å². The van der Waals surface area contributed by atoms with Crippen LogP contribution in [0, 0.1) is 18.3 Å². The Labute approximate surface area is 175 Å². The Morgan fingerprint density at radius 3 is 2.53 bits per heavy atom. The Bertz CT molecular complexity index is 1100. The van der Waals surface area contributed by atoms with Crippen LogP contribution in [0.1, 0.15) is 22.7 Å². The third-order valence-corrected chi connectivity index (χ3v) is 5.27. The number of aryl methyl sites for hydroxylation is 1. The summed E-state index contributed by atoms with van der Waals surface area (Å²) in [5, 5.41) is 9.80. The van der Waals surface area contributed by atoms with Gasteiger partial charge in [-0.3, -0.25) is 4.79 Å². The van der Waals surface area contributed by atoms with E-state index in [1.165, 1.54) is 12.0 Å². The van der Waals surface area contributed by atoms with Crippen LogP contribution >= 0.6 is 0 Å². The zero-order valence-corrected chi connectivity index (χ0v) is 17.9. The molecule has 1 aliphatic rings. The number of fused-ring (bicyclic) bond motifs is 1. The summed E-state index contributed by atoms with van der Waals surface area (Å²) in [6, 6.07) is 9.24. The second-order valence-electron chi connectivity index (χ2n) is 7.52. The number of nitrogens with zero attached hydrogens (tertiary/aromatic N) is 2. The van der Waals surface area contributed by atoms with Crippen LogP contribution in [0.4, 0.5) is 0 Å². The predicted octanol–water partition coefficient (Wildman–Crippen LogP) is 0.537. The molecule has 2 aromatic rings. The van der Waals surface area contributed by atoms with Crippen LogP contribution in [0.3, 0.4) is 0 Å². The van der Waals surface area contributed by atoms with E-state index < -0.39 is 5.92 Å². The number of nitrogens with one attached hydrogen (secondary N) is 1. The number of hydrogen-bond donors (Lipinski definition) is 2. The number of pyridine rings is 1. The number of aromatic nitrogens is 1. The smallest absolute Gasteiger partial charge is 0.258 e. The maximum atomic E-state index is 13.5. The summed E-state index contributed by atoms with van der Waals surface area (Å²) < 4.78 is 18.1. The van der Waals surface area contributed by atoms with Crippen molar-refractivity contribution in [1.29, 1.82) is 5.26 Å². The molecule has 1 aromatic carbocycles. The summed E-state index contributed by atoms with van der Waals surface area (Å²) in [7, 11) is 7.15. The minimum atomic E-state index is -0.662. The SMILES string of the molecule is COc1ccc([C@@H]2C(C#N)=C(N)Oc3cc(C)n(CC[NH+](C)C)c(=O)c32)cc1OC. The van der Waals surface area contributed by atoms with E-state index in [9.17, 15) is 10.1 Å². The average molecular weight is 411 g/mol. The van der Waals surface area contributed by atoms with E-state index in [-0.39, 0.29) is 17.0 Å². The molecule has 0 radical (unpaired) electrons. The van der Waals surface area contributed by atoms with Crippen molar-refractivity contribution in [3.8, 4) is 23.3 Å². The molecule has 3 N–H and O–H groups in total. The Kier molecular flexibility index (Phi) is 6.04. The number of allylic oxidation sites excluding steroid dienone is 1. The molecule has 0 unspecified atom stereocenters. The molecule has 0 fully saturated rings. The lowest BCUT2D eigenvalue weighted by atomic mass is 9.84. The number of nitriles is 1. The van der Waals surface area contributed by atoms with Gasteiger partial charge in [-0.2, -0.15) is 5.26 Å². The van der Waals surface area contributed by atoms with Gasteiger partial charge in [0.2, 0.25) is 5.88 Å². The first-order valence-electron chi connectivity index (χ1n) is 9.65. The van der Waals surface area contributed by atoms with Gasteiger partial charge in [-0.25, -0.2) is 0 Å². The molecule has 0 aliphatic carbocycles. The summed E-state index contributed by atoms with van der Waals surface area (Å²) in [6.07, 6.45) is 0. The van der Waals surface area contributed by atoms with Gasteiger partial charge in [-0.1, -0.05) is 6.07 Å². The van der Waals surface area contributed by atoms with Gasteiger partial charge in [0, 0.05) is 11.8 Å². The molecule has 0 bridgehead atoms. The summed E-state index contributed by atoms with van der Waals surface area (Å²) in [6.45, 7) is 3.20. The van der Waals surface area contributed by atoms with E-state index in [0.717, 1.165) is 12.2 Å². The monoisotopic (exact) mass is 411 g/mol. The molecule has 0 saturated carbocycles. The zero-order valence-electron chi connectivity index (χ0n) is 17.9. The fraction of sp³-hybridized carbons (Fsp3) is 0.364. The van der Waals surface area contributed by atoms with Gasteiger partial charge >= 0.3 is 0 Å². The van der Waals surface area contributed by atoms with Crippen molar-refractivity contribution in [2.24, 2.45) is 5.73 Å². The summed E-state index contributed by atoms with van der Waals surface area (Å²) in [5.41, 5.74) is 7.94. The highest BCUT2D eigenvalue weighted by Crippen LogP contribution is 2.42. The van der Waals surface area contributed by atoms with Gasteiger partial charge in [0.1, 0.15) is 17.4 Å². The molecule has 0 spiro atoms. The lowest BCUT2D eigenvalue weighted by Crippen LogP contribution is -3.06. The van der Waals surface area contributed by atoms with Crippen LogP contribution in [0.15, 0.2) is 40.5 Å². The number of nitrogens with two attached hydrogens (primary N) is 1. The largest absolute Gasteiger partial charge is 0.493 e. The topological polar surface area (TPSA) is 104 Å². The first kappa shape index (κ1) is 21.3. The van der Waals surface area contributed by atoms with Crippen LogP contribution in [-0.2, 0) is 6.54 Å². The van der Waals surface area contributed by atoms with Crippen LogP contribution in [0.25, 0.3) is 0 Å². The minimum absolute atomic E-state index is 0.000860. The fourth-order valence-corrected chi connectivity index (χ4v) is 3.67. The lowest BCUT2D eigenvalue weighted by Gasteiger charge is -2.27. The standard InChI is InChI=1S/C22H26N4O4/c1-13-10-18-20(22(27)26(13)9-8-25(2)3)19(15(12-23)21(24)30-18)14-6-7-16(28-4)17(11-14)29-5/h6-7,10-11,19H,8-9,24H2,1-5H3/p+1/t19-/m1/s1. The number of likely N-dealkylation sites (N-methyl/N-ethyl adjacent to an activating group) is 1. The maximum absolute atomic E-state index is 13.5. The second kappa shape index (κ2) is 8.51. The molecule has 8 nitrogen and oxygen atoms in total. The Hall–Kier alpha value is -3.44. The molecular formula is C22H27N4O4+. The highest BCUT2D eigenvalue weighted by atomic mass is 16.5. The highest BCUT2D eigenvalue weighted by molar-refractivity contribution is 5.57. The second-order valence-corrected chi connectivity index (χ2v) is 7.52. The first-order valence-corrected chi connectivity index (χ1v) is 9.65. The van der Waals surface area contributed by atoms with E-state index in [0.29, 0.717) is 34.9 Å².